The first kappa shape index (κ1) is 7.57. The van der Waals surface area contributed by atoms with Gasteiger partial charge in [-0.25, -0.2) is 0 Å². The van der Waals surface area contributed by atoms with Crippen molar-refractivity contribution in [2.45, 2.75) is 6.42 Å². The van der Waals surface area contributed by atoms with Gasteiger partial charge in [0.1, 0.15) is 0 Å². The lowest BCUT2D eigenvalue weighted by molar-refractivity contribution is 0.108. The van der Waals surface area contributed by atoms with Crippen LogP contribution in [0.3, 0.4) is 0 Å². The zero-order chi connectivity index (χ0) is 7.40. The molecule has 58 valence electrons. The van der Waals surface area contributed by atoms with Gasteiger partial charge in [0.15, 0.2) is 0 Å². The summed E-state index contributed by atoms with van der Waals surface area (Å²) in [6, 6.07) is 0. The van der Waals surface area contributed by atoms with E-state index in [0.717, 1.165) is 25.2 Å². The minimum absolute atomic E-state index is 0.966. The number of likely N-dealkylation sites (N-methyl/N-ethyl adjacent to an activating group) is 1. The van der Waals surface area contributed by atoms with Crippen LogP contribution in [0, 0.1) is 0 Å². The normalized spacial score (nSPS) is 20.4. The van der Waals surface area contributed by atoms with Crippen molar-refractivity contribution < 1.29 is 4.84 Å². The van der Waals surface area contributed by atoms with Gasteiger partial charge in [-0.3, -0.25) is 10.3 Å². The summed E-state index contributed by atoms with van der Waals surface area (Å²) in [5.41, 5.74) is 4.00. The molecule has 1 heterocycles. The molecule has 0 atom stereocenters. The highest BCUT2D eigenvalue weighted by molar-refractivity contribution is 5.03. The molecule has 0 unspecified atom stereocenters. The molecule has 0 bridgehead atoms. The second-order valence-electron chi connectivity index (χ2n) is 2.56. The maximum Gasteiger partial charge on any atom is 0.0636 e. The van der Waals surface area contributed by atoms with Crippen molar-refractivity contribution in [3.63, 3.8) is 0 Å². The molecule has 10 heavy (non-hydrogen) atoms. The lowest BCUT2D eigenvalue weighted by atomic mass is 10.2. The fourth-order valence-electron chi connectivity index (χ4n) is 1.10. The van der Waals surface area contributed by atoms with E-state index in [-0.39, 0.29) is 0 Å². The number of nitrogens with zero attached hydrogens (tertiary/aromatic N) is 1. The van der Waals surface area contributed by atoms with Gasteiger partial charge >= 0.3 is 0 Å². The molecule has 0 fully saturated rings. The number of hydrogen-bond acceptors (Lipinski definition) is 3. The number of hydrogen-bond donors (Lipinski definition) is 1. The molecule has 3 heteroatoms. The molecule has 0 radical (unpaired) electrons. The second kappa shape index (κ2) is 3.58. The molecule has 1 aliphatic rings. The zero-order valence-electron chi connectivity index (χ0n) is 6.55. The Morgan fingerprint density at radius 2 is 2.50 bits per heavy atom. The SMILES string of the molecule is CONC1=CCCN(C)C1. The molecule has 0 saturated heterocycles. The summed E-state index contributed by atoms with van der Waals surface area (Å²) in [6.07, 6.45) is 3.28. The minimum atomic E-state index is 0.966. The van der Waals surface area contributed by atoms with E-state index in [1.165, 1.54) is 0 Å². The average molecular weight is 142 g/mol. The van der Waals surface area contributed by atoms with Crippen molar-refractivity contribution in [2.75, 3.05) is 27.2 Å². The van der Waals surface area contributed by atoms with Crippen molar-refractivity contribution >= 4 is 0 Å². The third kappa shape index (κ3) is 2.01. The average Bonchev–Trinajstić information content (AvgIpc) is 1.88. The van der Waals surface area contributed by atoms with Gasteiger partial charge in [0.05, 0.1) is 7.11 Å². The molecule has 1 N–H and O–H groups in total. The summed E-state index contributed by atoms with van der Waals surface area (Å²) in [7, 11) is 3.74. The van der Waals surface area contributed by atoms with E-state index in [1.807, 2.05) is 0 Å². The fraction of sp³-hybridized carbons (Fsp3) is 0.714. The van der Waals surface area contributed by atoms with Crippen molar-refractivity contribution in [1.29, 1.82) is 0 Å². The van der Waals surface area contributed by atoms with Gasteiger partial charge in [-0.05, 0) is 13.5 Å². The van der Waals surface area contributed by atoms with Crippen LogP contribution in [0.2, 0.25) is 0 Å². The molecule has 0 saturated carbocycles. The van der Waals surface area contributed by atoms with Gasteiger partial charge in [0.25, 0.3) is 0 Å². The summed E-state index contributed by atoms with van der Waals surface area (Å²) in [5.74, 6) is 0. The standard InChI is InChI=1S/C7H14N2O/c1-9-5-3-4-7(6-9)8-10-2/h4,8H,3,5-6H2,1-2H3. The maximum atomic E-state index is 4.78. The Hall–Kier alpha value is -0.540. The van der Waals surface area contributed by atoms with Crippen LogP contribution in [0.5, 0.6) is 0 Å². The Morgan fingerprint density at radius 3 is 3.10 bits per heavy atom. The summed E-state index contributed by atoms with van der Waals surface area (Å²) in [5, 5.41) is 0. The largest absolute Gasteiger partial charge is 0.300 e. The first-order chi connectivity index (χ1) is 4.83. The number of rotatable bonds is 2. The van der Waals surface area contributed by atoms with Crippen molar-refractivity contribution in [1.82, 2.24) is 10.4 Å². The molecular weight excluding hydrogens is 128 g/mol. The van der Waals surface area contributed by atoms with Gasteiger partial charge in [0, 0.05) is 18.8 Å². The maximum absolute atomic E-state index is 4.78. The predicted octanol–water partition coefficient (Wildman–Crippen LogP) is 0.357. The minimum Gasteiger partial charge on any atom is -0.300 e. The molecule has 1 rings (SSSR count). The van der Waals surface area contributed by atoms with E-state index < -0.39 is 0 Å². The third-order valence-electron chi connectivity index (χ3n) is 1.57. The van der Waals surface area contributed by atoms with Crippen molar-refractivity contribution in [2.24, 2.45) is 0 Å². The molecular formula is C7H14N2O. The Labute approximate surface area is 61.6 Å². The van der Waals surface area contributed by atoms with Crippen LogP contribution in [-0.2, 0) is 4.84 Å². The summed E-state index contributed by atoms with van der Waals surface area (Å²) in [4.78, 5) is 7.04. The molecule has 0 aromatic heterocycles. The summed E-state index contributed by atoms with van der Waals surface area (Å²) in [6.45, 7) is 2.11. The van der Waals surface area contributed by atoms with E-state index in [2.05, 4.69) is 23.5 Å². The lowest BCUT2D eigenvalue weighted by Crippen LogP contribution is -2.31. The van der Waals surface area contributed by atoms with Crippen LogP contribution in [-0.4, -0.2) is 32.1 Å². The van der Waals surface area contributed by atoms with Gasteiger partial charge in [-0.15, -0.1) is 0 Å². The Kier molecular flexibility index (Phi) is 2.71. The highest BCUT2D eigenvalue weighted by atomic mass is 16.6. The van der Waals surface area contributed by atoms with Crippen molar-refractivity contribution in [3.8, 4) is 0 Å². The molecule has 0 aromatic rings. The van der Waals surface area contributed by atoms with Gasteiger partial charge in [-0.2, -0.15) is 0 Å². The van der Waals surface area contributed by atoms with E-state index in [1.54, 1.807) is 7.11 Å². The second-order valence-corrected chi connectivity index (χ2v) is 2.56. The lowest BCUT2D eigenvalue weighted by Gasteiger charge is -2.22. The van der Waals surface area contributed by atoms with E-state index in [0.29, 0.717) is 0 Å². The van der Waals surface area contributed by atoms with Crippen LogP contribution >= 0.6 is 0 Å². The van der Waals surface area contributed by atoms with E-state index in [9.17, 15) is 0 Å². The van der Waals surface area contributed by atoms with Crippen LogP contribution in [0.4, 0.5) is 0 Å². The number of nitrogens with one attached hydrogen (secondary N) is 1. The topological polar surface area (TPSA) is 24.5 Å². The van der Waals surface area contributed by atoms with Crippen LogP contribution in [0.1, 0.15) is 6.42 Å². The summed E-state index contributed by atoms with van der Waals surface area (Å²) >= 11 is 0. The third-order valence-corrected chi connectivity index (χ3v) is 1.57. The van der Waals surface area contributed by atoms with E-state index >= 15 is 0 Å². The smallest absolute Gasteiger partial charge is 0.0636 e. The Balaban J connectivity index is 2.36. The van der Waals surface area contributed by atoms with Gasteiger partial charge in [-0.1, -0.05) is 6.08 Å². The Bertz CT molecular complexity index is 134. The quantitative estimate of drug-likeness (QED) is 0.563. The fourth-order valence-corrected chi connectivity index (χ4v) is 1.10. The first-order valence-electron chi connectivity index (χ1n) is 3.49. The number of hydroxylamine groups is 1. The molecule has 0 aromatic carbocycles. The van der Waals surface area contributed by atoms with Crippen molar-refractivity contribution in [3.05, 3.63) is 11.8 Å². The molecule has 3 nitrogen and oxygen atoms in total. The molecule has 0 spiro atoms. The molecule has 0 aliphatic carbocycles. The Morgan fingerprint density at radius 1 is 1.70 bits per heavy atom. The highest BCUT2D eigenvalue weighted by Crippen LogP contribution is 2.03. The van der Waals surface area contributed by atoms with Crippen LogP contribution in [0.15, 0.2) is 11.8 Å². The van der Waals surface area contributed by atoms with E-state index in [4.69, 9.17) is 4.84 Å². The van der Waals surface area contributed by atoms with Gasteiger partial charge < -0.3 is 4.90 Å². The predicted molar refractivity (Wildman–Crippen MR) is 40.3 cm³/mol. The first-order valence-corrected chi connectivity index (χ1v) is 3.49. The van der Waals surface area contributed by atoms with Gasteiger partial charge in [0.2, 0.25) is 0 Å². The van der Waals surface area contributed by atoms with Crippen LogP contribution in [0.25, 0.3) is 0 Å². The monoisotopic (exact) mass is 142 g/mol. The molecule has 1 aliphatic heterocycles. The van der Waals surface area contributed by atoms with Crippen LogP contribution < -0.4 is 5.48 Å². The zero-order valence-corrected chi connectivity index (χ0v) is 6.55. The molecule has 0 amide bonds. The summed E-state index contributed by atoms with van der Waals surface area (Å²) < 4.78 is 0. The highest BCUT2D eigenvalue weighted by Gasteiger charge is 2.06.